The lowest BCUT2D eigenvalue weighted by molar-refractivity contribution is -0.861. The molecule has 7 nitrogen and oxygen atoms in total. The third-order valence-corrected chi connectivity index (χ3v) is 9.77. The Morgan fingerprint density at radius 1 is 0.423 bits per heavy atom. The third-order valence-electron chi connectivity index (χ3n) is 9.77. The number of nitrogens with one attached hydrogen (secondary N) is 5. The number of quaternary nitrogens is 5. The van der Waals surface area contributed by atoms with Crippen molar-refractivity contribution in [2.45, 2.75) is 142 Å². The van der Waals surface area contributed by atoms with Crippen LogP contribution in [0.3, 0.4) is 0 Å². The van der Waals surface area contributed by atoms with Crippen molar-refractivity contribution >= 4 is 0 Å². The molecule has 5 N–H and O–H groups in total. The quantitative estimate of drug-likeness (QED) is 0.247. The Morgan fingerprint density at radius 2 is 0.769 bits per heavy atom. The largest absolute Gasteiger partial charge is 0.468 e. The lowest BCUT2D eigenvalue weighted by Crippen LogP contribution is -3.09. The third kappa shape index (κ3) is 42.5. The number of hydrogen-bond acceptors (Lipinski definition) is 2. The highest BCUT2D eigenvalue weighted by atomic mass is 15.2. The Kier molecular flexibility index (Phi) is 50.9. The highest BCUT2D eigenvalue weighted by Gasteiger charge is 2.23. The fourth-order valence-corrected chi connectivity index (χ4v) is 5.97. The van der Waals surface area contributed by atoms with Gasteiger partial charge >= 0.3 is 0 Å². The maximum absolute atomic E-state index is 4.01. The van der Waals surface area contributed by atoms with Gasteiger partial charge in [-0.1, -0.05) is 96.9 Å². The van der Waals surface area contributed by atoms with Gasteiger partial charge < -0.3 is 29.4 Å². The van der Waals surface area contributed by atoms with E-state index in [1.54, 1.807) is 0 Å². The first-order valence-corrected chi connectivity index (χ1v) is 22.5. The van der Waals surface area contributed by atoms with Gasteiger partial charge in [0.15, 0.2) is 0 Å². The second-order valence-electron chi connectivity index (χ2n) is 15.3. The number of likely N-dealkylation sites (tertiary alicyclic amines) is 3. The number of piperazine rings is 1. The molecule has 0 amide bonds. The molecule has 0 bridgehead atoms. The maximum atomic E-state index is 4.01. The van der Waals surface area contributed by atoms with E-state index in [2.05, 4.69) is 86.8 Å². The Hall–Kier alpha value is -0.280. The van der Waals surface area contributed by atoms with Crippen LogP contribution in [0.15, 0.2) is 0 Å². The summed E-state index contributed by atoms with van der Waals surface area (Å²) in [6.45, 7) is 46.7. The van der Waals surface area contributed by atoms with Crippen LogP contribution < -0.4 is 24.5 Å². The van der Waals surface area contributed by atoms with Crippen LogP contribution >= 0.6 is 0 Å². The van der Waals surface area contributed by atoms with E-state index in [0.717, 1.165) is 11.8 Å². The molecule has 5 aliphatic rings. The summed E-state index contributed by atoms with van der Waals surface area (Å²) in [5, 5.41) is 0. The Morgan fingerprint density at radius 3 is 1.15 bits per heavy atom. The number of nitrogens with zero attached hydrogens (tertiary/aromatic N) is 2. The molecule has 0 radical (unpaired) electrons. The van der Waals surface area contributed by atoms with Crippen LogP contribution in [-0.2, 0) is 0 Å². The molecule has 5 rings (SSSR count). The lowest BCUT2D eigenvalue weighted by Gasteiger charge is -2.35. The molecule has 5 atom stereocenters. The van der Waals surface area contributed by atoms with E-state index in [0.29, 0.717) is 5.41 Å². The van der Waals surface area contributed by atoms with Gasteiger partial charge in [0.05, 0.1) is 65.4 Å². The number of piperidine rings is 1. The first-order chi connectivity index (χ1) is 24.8. The van der Waals surface area contributed by atoms with Gasteiger partial charge in [0, 0.05) is 44.9 Å². The van der Waals surface area contributed by atoms with Gasteiger partial charge in [0.25, 0.3) is 0 Å². The highest BCUT2D eigenvalue weighted by Crippen LogP contribution is 2.24. The number of rotatable bonds is 0. The molecule has 5 saturated heterocycles. The molecule has 0 spiro atoms. The Balaban J connectivity index is -0.000000167. The zero-order valence-electron chi connectivity index (χ0n) is 39.4. The van der Waals surface area contributed by atoms with E-state index in [1.807, 2.05) is 69.2 Å². The van der Waals surface area contributed by atoms with Crippen molar-refractivity contribution in [1.29, 1.82) is 0 Å². The van der Waals surface area contributed by atoms with Crippen LogP contribution in [0.5, 0.6) is 0 Å². The van der Waals surface area contributed by atoms with Gasteiger partial charge in [0.2, 0.25) is 0 Å². The van der Waals surface area contributed by atoms with E-state index in [1.165, 1.54) is 161 Å². The van der Waals surface area contributed by atoms with Crippen LogP contribution in [0, 0.1) is 52.5 Å². The van der Waals surface area contributed by atoms with Crippen molar-refractivity contribution in [2.24, 2.45) is 17.3 Å². The van der Waals surface area contributed by atoms with Crippen LogP contribution in [0.4, 0.5) is 0 Å². The average molecular weight is 746 g/mol. The van der Waals surface area contributed by atoms with Gasteiger partial charge in [-0.3, -0.25) is 4.90 Å². The summed E-state index contributed by atoms with van der Waals surface area (Å²) in [5.41, 5.74) is 0.598. The minimum absolute atomic E-state index is 0.598. The van der Waals surface area contributed by atoms with E-state index in [9.17, 15) is 0 Å². The smallest absolute Gasteiger partial charge is 0.0660 e. The molecule has 322 valence electrons. The number of likely N-dealkylation sites (N-methyl/N-ethyl adjacent to an activating group) is 2. The average Bonchev–Trinajstić information content (AvgIpc) is 3.30. The summed E-state index contributed by atoms with van der Waals surface area (Å²) in [5.74, 6) is 1.87. The molecule has 52 heavy (non-hydrogen) atoms. The van der Waals surface area contributed by atoms with Crippen molar-refractivity contribution in [3.05, 3.63) is 35.2 Å². The normalized spacial score (nSPS) is 27.3. The molecule has 5 aliphatic heterocycles. The molecule has 5 fully saturated rings. The van der Waals surface area contributed by atoms with Crippen LogP contribution in [0.25, 0.3) is 0 Å². The second-order valence-corrected chi connectivity index (χ2v) is 15.3. The predicted molar refractivity (Wildman–Crippen MR) is 236 cm³/mol. The lowest BCUT2D eigenvalue weighted by atomic mass is 9.83. The summed E-state index contributed by atoms with van der Waals surface area (Å²) in [7, 11) is 24.1. The summed E-state index contributed by atoms with van der Waals surface area (Å²) >= 11 is 0. The molecule has 0 aromatic heterocycles. The molecular weight excluding hydrogens is 639 g/mol. The molecular formula is C45H107N7. The van der Waals surface area contributed by atoms with Crippen LogP contribution in [0.1, 0.15) is 142 Å². The predicted octanol–water partition coefficient (Wildman–Crippen LogP) is 3.41. The summed E-state index contributed by atoms with van der Waals surface area (Å²) in [6.07, 6.45) is 9.52. The fourth-order valence-electron chi connectivity index (χ4n) is 5.97. The van der Waals surface area contributed by atoms with E-state index in [-0.39, 0.29) is 0 Å². The van der Waals surface area contributed by atoms with Gasteiger partial charge in [0.1, 0.15) is 0 Å². The van der Waals surface area contributed by atoms with Gasteiger partial charge in [-0.15, -0.1) is 0 Å². The zero-order valence-corrected chi connectivity index (χ0v) is 39.4. The van der Waals surface area contributed by atoms with Crippen molar-refractivity contribution in [3.63, 3.8) is 0 Å². The molecule has 0 aromatic carbocycles. The second kappa shape index (κ2) is 43.4. The van der Waals surface area contributed by atoms with Crippen LogP contribution in [0.2, 0.25) is 0 Å². The van der Waals surface area contributed by atoms with Crippen molar-refractivity contribution < 1.29 is 24.5 Å². The molecule has 0 aromatic rings. The van der Waals surface area contributed by atoms with E-state index >= 15 is 0 Å². The monoisotopic (exact) mass is 746 g/mol. The molecule has 0 aliphatic carbocycles. The minimum Gasteiger partial charge on any atom is -0.468 e. The van der Waals surface area contributed by atoms with Crippen molar-refractivity contribution in [2.75, 3.05) is 106 Å². The first kappa shape index (κ1) is 61.0. The molecule has 0 saturated carbocycles. The first-order valence-electron chi connectivity index (χ1n) is 22.5. The number of hydrogen-bond donors (Lipinski definition) is 5. The molecule has 7 heteroatoms. The highest BCUT2D eigenvalue weighted by molar-refractivity contribution is 4.70. The molecule has 5 heterocycles. The van der Waals surface area contributed by atoms with Crippen molar-refractivity contribution in [3.8, 4) is 0 Å². The Labute approximate surface area is 333 Å². The standard InChI is InChI=1S/2C8H17N.C7H16N2.C6H14N2.C6H13N.5C2H6/c1-8(2)4-6-9(3)7-5-8;1-8-4-3-6-9(2)7-5-8;1-8-4-3-5-9(2)7-6-8;1-7-3-5-8(2)6-4-7;1-6-3-4-7(2)5-6;5*1-2/h9H,3-7H2,1-2H3;8-9H,2-7H2,1H3;8H,1,3-7H2,2H3;7H,1,3-6H2,2H3;6-7H,2-5H2,1H3;5*1-2H3. The topological polar surface area (TPSA) is 28.7 Å². The summed E-state index contributed by atoms with van der Waals surface area (Å²) in [4.78, 5) is 11.9. The maximum Gasteiger partial charge on any atom is 0.0660 e. The van der Waals surface area contributed by atoms with Crippen LogP contribution in [-0.4, -0.2) is 116 Å². The summed E-state index contributed by atoms with van der Waals surface area (Å²) < 4.78 is 0. The SMILES string of the molecule is CC.CC.CC.CC.CC.[CH2-][NH+]1CCC(C)(C)CC1.[CH2-][NH+]1CCC(C)C1.[CH2-][NH+]1CCCC(C)CC1.[CH2-][NH+]1CCCN(C)CC1.[CH2-][NH+]1CCN(C)CC1. The van der Waals surface area contributed by atoms with Gasteiger partial charge in [-0.05, 0) is 57.5 Å². The van der Waals surface area contributed by atoms with Crippen molar-refractivity contribution in [1.82, 2.24) is 9.80 Å². The van der Waals surface area contributed by atoms with Gasteiger partial charge in [-0.25, -0.2) is 0 Å². The van der Waals surface area contributed by atoms with E-state index < -0.39 is 0 Å². The minimum atomic E-state index is 0.598. The Bertz CT molecular complexity index is 569. The summed E-state index contributed by atoms with van der Waals surface area (Å²) in [6, 6.07) is 0. The van der Waals surface area contributed by atoms with Gasteiger partial charge in [-0.2, -0.15) is 35.2 Å². The zero-order chi connectivity index (χ0) is 41.5. The molecule has 5 unspecified atom stereocenters. The van der Waals surface area contributed by atoms with E-state index in [4.69, 9.17) is 0 Å². The fraction of sp³-hybridized carbons (Fsp3) is 0.889.